The van der Waals surface area contributed by atoms with E-state index in [4.69, 9.17) is 5.73 Å². The van der Waals surface area contributed by atoms with Gasteiger partial charge in [-0.1, -0.05) is 11.6 Å². The Bertz CT molecular complexity index is 224. The minimum Gasteiger partial charge on any atom is -0.327 e. The molecule has 0 aliphatic heterocycles. The van der Waals surface area contributed by atoms with Crippen LogP contribution < -0.4 is 5.73 Å². The van der Waals surface area contributed by atoms with Crippen molar-refractivity contribution in [3.8, 4) is 0 Å². The monoisotopic (exact) mass is 167 g/mol. The number of hydrogen-bond acceptors (Lipinski definition) is 2. The summed E-state index contributed by atoms with van der Waals surface area (Å²) < 4.78 is 0. The van der Waals surface area contributed by atoms with Crippen molar-refractivity contribution in [2.75, 3.05) is 6.54 Å². The molecule has 11 heavy (non-hydrogen) atoms. The van der Waals surface area contributed by atoms with Gasteiger partial charge in [0.1, 0.15) is 0 Å². The lowest BCUT2D eigenvalue weighted by Gasteiger charge is -1.99. The van der Waals surface area contributed by atoms with Crippen molar-refractivity contribution < 1.29 is 0 Å². The molecule has 2 N–H and O–H groups in total. The second kappa shape index (κ2) is 4.31. The van der Waals surface area contributed by atoms with Crippen LogP contribution in [0, 0.1) is 0 Å². The van der Waals surface area contributed by atoms with Crippen LogP contribution in [0.5, 0.6) is 0 Å². The van der Waals surface area contributed by atoms with Crippen molar-refractivity contribution in [1.29, 1.82) is 0 Å². The molecule has 0 spiro atoms. The molecule has 1 aromatic rings. The second-order valence-electron chi connectivity index (χ2n) is 2.46. The van der Waals surface area contributed by atoms with E-state index in [2.05, 4.69) is 22.9 Å². The highest BCUT2D eigenvalue weighted by atomic mass is 32.1. The van der Waals surface area contributed by atoms with E-state index in [-0.39, 0.29) is 0 Å². The summed E-state index contributed by atoms with van der Waals surface area (Å²) >= 11 is 1.73. The SMILES string of the molecule is C/C=C(\CN)Cc1ccsc1. The Kier molecular flexibility index (Phi) is 3.33. The summed E-state index contributed by atoms with van der Waals surface area (Å²) in [5.41, 5.74) is 8.21. The van der Waals surface area contributed by atoms with Gasteiger partial charge in [-0.05, 0) is 35.7 Å². The number of rotatable bonds is 3. The van der Waals surface area contributed by atoms with Crippen LogP contribution in [0.4, 0.5) is 0 Å². The Morgan fingerprint density at radius 2 is 2.55 bits per heavy atom. The van der Waals surface area contributed by atoms with E-state index in [1.165, 1.54) is 11.1 Å². The zero-order chi connectivity index (χ0) is 8.10. The maximum absolute atomic E-state index is 5.53. The van der Waals surface area contributed by atoms with Gasteiger partial charge in [-0.25, -0.2) is 0 Å². The fourth-order valence-electron chi connectivity index (χ4n) is 0.948. The summed E-state index contributed by atoms with van der Waals surface area (Å²) in [4.78, 5) is 0. The third kappa shape index (κ3) is 2.48. The van der Waals surface area contributed by atoms with Crippen molar-refractivity contribution in [2.45, 2.75) is 13.3 Å². The predicted molar refractivity (Wildman–Crippen MR) is 50.8 cm³/mol. The van der Waals surface area contributed by atoms with E-state index < -0.39 is 0 Å². The molecule has 0 amide bonds. The van der Waals surface area contributed by atoms with E-state index in [0.29, 0.717) is 6.54 Å². The van der Waals surface area contributed by atoms with Gasteiger partial charge in [0.05, 0.1) is 0 Å². The first-order chi connectivity index (χ1) is 5.36. The maximum Gasteiger partial charge on any atom is 0.0140 e. The Hall–Kier alpha value is -0.600. The van der Waals surface area contributed by atoms with Gasteiger partial charge in [-0.3, -0.25) is 0 Å². The molecule has 1 aromatic heterocycles. The lowest BCUT2D eigenvalue weighted by atomic mass is 10.1. The molecule has 0 fully saturated rings. The van der Waals surface area contributed by atoms with Gasteiger partial charge in [0.2, 0.25) is 0 Å². The molecule has 0 radical (unpaired) electrons. The minimum atomic E-state index is 0.673. The third-order valence-electron chi connectivity index (χ3n) is 1.68. The molecular weight excluding hydrogens is 154 g/mol. The summed E-state index contributed by atoms with van der Waals surface area (Å²) in [6.45, 7) is 2.71. The lowest BCUT2D eigenvalue weighted by molar-refractivity contribution is 1.04. The van der Waals surface area contributed by atoms with E-state index in [0.717, 1.165) is 6.42 Å². The summed E-state index contributed by atoms with van der Waals surface area (Å²) in [5, 5.41) is 4.26. The zero-order valence-corrected chi connectivity index (χ0v) is 7.53. The Morgan fingerprint density at radius 3 is 3.00 bits per heavy atom. The minimum absolute atomic E-state index is 0.673. The highest BCUT2D eigenvalue weighted by molar-refractivity contribution is 7.07. The largest absolute Gasteiger partial charge is 0.327 e. The second-order valence-corrected chi connectivity index (χ2v) is 3.24. The van der Waals surface area contributed by atoms with Gasteiger partial charge in [-0.15, -0.1) is 0 Å². The topological polar surface area (TPSA) is 26.0 Å². The smallest absolute Gasteiger partial charge is 0.0140 e. The zero-order valence-electron chi connectivity index (χ0n) is 6.71. The van der Waals surface area contributed by atoms with Crippen molar-refractivity contribution in [3.63, 3.8) is 0 Å². The summed E-state index contributed by atoms with van der Waals surface area (Å²) in [7, 11) is 0. The number of allylic oxidation sites excluding steroid dienone is 1. The number of hydrogen-bond donors (Lipinski definition) is 1. The molecule has 0 atom stereocenters. The summed E-state index contributed by atoms with van der Waals surface area (Å²) in [5.74, 6) is 0. The Balaban J connectivity index is 2.55. The molecule has 0 aliphatic rings. The van der Waals surface area contributed by atoms with Crippen LogP contribution >= 0.6 is 11.3 Å². The van der Waals surface area contributed by atoms with Crippen molar-refractivity contribution in [2.24, 2.45) is 5.73 Å². The van der Waals surface area contributed by atoms with Crippen molar-refractivity contribution in [1.82, 2.24) is 0 Å². The molecule has 1 rings (SSSR count). The Labute approximate surface area is 71.5 Å². The first kappa shape index (κ1) is 8.50. The lowest BCUT2D eigenvalue weighted by Crippen LogP contribution is -2.04. The highest BCUT2D eigenvalue weighted by Crippen LogP contribution is 2.10. The van der Waals surface area contributed by atoms with Crippen LogP contribution in [0.1, 0.15) is 12.5 Å². The molecule has 60 valence electrons. The van der Waals surface area contributed by atoms with Crippen LogP contribution in [0.15, 0.2) is 28.5 Å². The molecule has 1 nitrogen and oxygen atoms in total. The van der Waals surface area contributed by atoms with Crippen molar-refractivity contribution in [3.05, 3.63) is 34.0 Å². The fourth-order valence-corrected chi connectivity index (χ4v) is 1.62. The van der Waals surface area contributed by atoms with Gasteiger partial charge in [0, 0.05) is 6.54 Å². The predicted octanol–water partition coefficient (Wildman–Crippen LogP) is 2.20. The maximum atomic E-state index is 5.53. The van der Waals surface area contributed by atoms with Crippen LogP contribution in [0.2, 0.25) is 0 Å². The number of thiophene rings is 1. The average molecular weight is 167 g/mol. The van der Waals surface area contributed by atoms with E-state index in [1.54, 1.807) is 11.3 Å². The van der Waals surface area contributed by atoms with Crippen LogP contribution in [0.25, 0.3) is 0 Å². The molecular formula is C9H13NS. The van der Waals surface area contributed by atoms with Crippen LogP contribution in [-0.2, 0) is 6.42 Å². The van der Waals surface area contributed by atoms with E-state index in [9.17, 15) is 0 Å². The van der Waals surface area contributed by atoms with Gasteiger partial charge in [0.15, 0.2) is 0 Å². The van der Waals surface area contributed by atoms with E-state index in [1.807, 2.05) is 6.92 Å². The summed E-state index contributed by atoms with van der Waals surface area (Å²) in [6.07, 6.45) is 3.11. The van der Waals surface area contributed by atoms with Gasteiger partial charge in [0.25, 0.3) is 0 Å². The highest BCUT2D eigenvalue weighted by Gasteiger charge is 1.95. The van der Waals surface area contributed by atoms with Gasteiger partial charge < -0.3 is 5.73 Å². The van der Waals surface area contributed by atoms with Crippen LogP contribution in [0.3, 0.4) is 0 Å². The quantitative estimate of drug-likeness (QED) is 0.686. The molecule has 0 saturated carbocycles. The third-order valence-corrected chi connectivity index (χ3v) is 2.41. The number of nitrogens with two attached hydrogens (primary N) is 1. The average Bonchev–Trinajstić information content (AvgIpc) is 2.52. The first-order valence-electron chi connectivity index (χ1n) is 3.72. The Morgan fingerprint density at radius 1 is 1.73 bits per heavy atom. The molecule has 0 unspecified atom stereocenters. The molecule has 2 heteroatoms. The molecule has 1 heterocycles. The van der Waals surface area contributed by atoms with E-state index >= 15 is 0 Å². The summed E-state index contributed by atoms with van der Waals surface area (Å²) in [6, 6.07) is 2.14. The van der Waals surface area contributed by atoms with Crippen LogP contribution in [-0.4, -0.2) is 6.54 Å². The standard InChI is InChI=1S/C9H13NS/c1-2-8(6-10)5-9-3-4-11-7-9/h2-4,7H,5-6,10H2,1H3/b8-2-. The molecule has 0 saturated heterocycles. The van der Waals surface area contributed by atoms with Crippen molar-refractivity contribution >= 4 is 11.3 Å². The normalized spacial score (nSPS) is 12.0. The fraction of sp³-hybridized carbons (Fsp3) is 0.333. The first-order valence-corrected chi connectivity index (χ1v) is 4.66. The molecule has 0 aromatic carbocycles. The van der Waals surface area contributed by atoms with Gasteiger partial charge in [-0.2, -0.15) is 11.3 Å². The molecule has 0 aliphatic carbocycles. The molecule has 0 bridgehead atoms. The van der Waals surface area contributed by atoms with Gasteiger partial charge >= 0.3 is 0 Å².